The third-order valence-corrected chi connectivity index (χ3v) is 7.91. The van der Waals surface area contributed by atoms with Crippen LogP contribution in [0.4, 0.5) is 4.79 Å². The van der Waals surface area contributed by atoms with Crippen LogP contribution in [-0.2, 0) is 19.6 Å². The van der Waals surface area contributed by atoms with E-state index in [0.717, 1.165) is 12.0 Å². The predicted molar refractivity (Wildman–Crippen MR) is 103 cm³/mol. The van der Waals surface area contributed by atoms with Gasteiger partial charge in [0.2, 0.25) is 21.8 Å². The molecule has 2 heterocycles. The number of hydrogen-bond acceptors (Lipinski definition) is 5. The highest BCUT2D eigenvalue weighted by atomic mass is 32.2. The van der Waals surface area contributed by atoms with Crippen molar-refractivity contribution in [2.75, 3.05) is 6.54 Å². The maximum Gasteiger partial charge on any atom is 0.322 e. The number of rotatable bonds is 4. The van der Waals surface area contributed by atoms with Crippen LogP contribution in [0.5, 0.6) is 0 Å². The van der Waals surface area contributed by atoms with Crippen LogP contribution in [0, 0.1) is 12.8 Å². The number of benzene rings is 1. The van der Waals surface area contributed by atoms with Crippen LogP contribution in [0.1, 0.15) is 31.2 Å². The average molecular weight is 420 g/mol. The summed E-state index contributed by atoms with van der Waals surface area (Å²) in [6.45, 7) is 2.33. The molecule has 1 saturated carbocycles. The molecular formula is C19H24N4O5S. The number of nitrogens with one attached hydrogen (secondary N) is 3. The Balaban J connectivity index is 1.46. The third kappa shape index (κ3) is 3.74. The van der Waals surface area contributed by atoms with Crippen LogP contribution in [0.2, 0.25) is 0 Å². The number of hydrogen-bond donors (Lipinski definition) is 3. The van der Waals surface area contributed by atoms with E-state index in [9.17, 15) is 22.8 Å². The Labute approximate surface area is 169 Å². The minimum atomic E-state index is -3.64. The summed E-state index contributed by atoms with van der Waals surface area (Å²) in [7, 11) is -3.64. The minimum Gasteiger partial charge on any atom is -0.350 e. The standard InChI is InChI=1S/C19H24N4O5S/c1-11-2-4-13(5-3-11)29(27,28)23-9-8-12-10-15(17(12)23)20-18(25)14-6-7-16(24)22-19(26)21-14/h2-5,12,14-15,17H,6-10H2,1H3,(H,20,25)(H2,21,22,24,26)/t12-,14-,15+,17-/m0/s1. The molecule has 3 aliphatic rings. The lowest BCUT2D eigenvalue weighted by atomic mass is 9.75. The second-order valence-corrected chi connectivity index (χ2v) is 9.82. The maximum atomic E-state index is 13.1. The van der Waals surface area contributed by atoms with E-state index in [2.05, 4.69) is 16.0 Å². The number of urea groups is 1. The molecule has 2 aliphatic heterocycles. The van der Waals surface area contributed by atoms with E-state index in [1.807, 2.05) is 6.92 Å². The van der Waals surface area contributed by atoms with Gasteiger partial charge in [-0.25, -0.2) is 13.2 Å². The predicted octanol–water partition coefficient (Wildman–Crippen LogP) is 0.251. The molecule has 0 spiro atoms. The topological polar surface area (TPSA) is 125 Å². The van der Waals surface area contributed by atoms with E-state index in [-0.39, 0.29) is 35.7 Å². The van der Waals surface area contributed by atoms with Crippen molar-refractivity contribution in [3.8, 4) is 0 Å². The highest BCUT2D eigenvalue weighted by molar-refractivity contribution is 7.89. The first-order valence-electron chi connectivity index (χ1n) is 9.75. The summed E-state index contributed by atoms with van der Waals surface area (Å²) in [5.41, 5.74) is 0.982. The molecule has 0 unspecified atom stereocenters. The molecule has 29 heavy (non-hydrogen) atoms. The molecule has 3 N–H and O–H groups in total. The Hall–Kier alpha value is -2.46. The van der Waals surface area contributed by atoms with Gasteiger partial charge in [0.1, 0.15) is 6.04 Å². The lowest BCUT2D eigenvalue weighted by molar-refractivity contribution is -0.125. The van der Waals surface area contributed by atoms with Crippen molar-refractivity contribution in [1.29, 1.82) is 0 Å². The van der Waals surface area contributed by atoms with Crippen molar-refractivity contribution in [3.05, 3.63) is 29.8 Å². The summed E-state index contributed by atoms with van der Waals surface area (Å²) in [5, 5.41) is 7.50. The molecule has 9 nitrogen and oxygen atoms in total. The molecule has 1 aliphatic carbocycles. The van der Waals surface area contributed by atoms with Gasteiger partial charge in [-0.3, -0.25) is 14.9 Å². The first-order valence-corrected chi connectivity index (χ1v) is 11.2. The van der Waals surface area contributed by atoms with E-state index in [1.54, 1.807) is 24.3 Å². The smallest absolute Gasteiger partial charge is 0.322 e. The molecule has 2 saturated heterocycles. The molecule has 1 aromatic carbocycles. The second-order valence-electron chi connectivity index (χ2n) is 7.93. The molecule has 156 valence electrons. The minimum absolute atomic E-state index is 0.0709. The number of nitrogens with zero attached hydrogens (tertiary/aromatic N) is 1. The van der Waals surface area contributed by atoms with Gasteiger partial charge in [-0.1, -0.05) is 17.7 Å². The number of aryl methyl sites for hydroxylation is 1. The van der Waals surface area contributed by atoms with E-state index in [1.165, 1.54) is 4.31 Å². The number of carbonyl (C=O) groups excluding carboxylic acids is 3. The van der Waals surface area contributed by atoms with Crippen molar-refractivity contribution < 1.29 is 22.8 Å². The molecule has 4 amide bonds. The van der Waals surface area contributed by atoms with Crippen LogP contribution in [0.15, 0.2) is 29.2 Å². The first kappa shape index (κ1) is 19.8. The van der Waals surface area contributed by atoms with E-state index >= 15 is 0 Å². The van der Waals surface area contributed by atoms with E-state index < -0.39 is 33.9 Å². The highest BCUT2D eigenvalue weighted by Crippen LogP contribution is 2.43. The Morgan fingerprint density at radius 1 is 1.17 bits per heavy atom. The Bertz CT molecular complexity index is 946. The summed E-state index contributed by atoms with van der Waals surface area (Å²) >= 11 is 0. The first-order chi connectivity index (χ1) is 13.8. The number of fused-ring (bicyclic) bond motifs is 1. The number of carbonyl (C=O) groups is 3. The average Bonchev–Trinajstić information content (AvgIpc) is 2.90. The third-order valence-electron chi connectivity index (χ3n) is 5.99. The molecule has 0 bridgehead atoms. The maximum absolute atomic E-state index is 13.1. The summed E-state index contributed by atoms with van der Waals surface area (Å²) in [6, 6.07) is 4.65. The highest BCUT2D eigenvalue weighted by Gasteiger charge is 2.53. The molecular weight excluding hydrogens is 396 g/mol. The molecule has 0 aromatic heterocycles. The quantitative estimate of drug-likeness (QED) is 0.644. The van der Waals surface area contributed by atoms with Gasteiger partial charge in [-0.2, -0.15) is 4.31 Å². The molecule has 3 fully saturated rings. The molecule has 10 heteroatoms. The monoisotopic (exact) mass is 420 g/mol. The van der Waals surface area contributed by atoms with Crippen LogP contribution >= 0.6 is 0 Å². The van der Waals surface area contributed by atoms with Crippen molar-refractivity contribution in [2.45, 2.75) is 55.6 Å². The van der Waals surface area contributed by atoms with Crippen LogP contribution in [-0.4, -0.2) is 55.2 Å². The van der Waals surface area contributed by atoms with Gasteiger partial charge in [0.05, 0.1) is 4.90 Å². The fourth-order valence-corrected chi connectivity index (χ4v) is 6.12. The zero-order chi connectivity index (χ0) is 20.8. The van der Waals surface area contributed by atoms with E-state index in [0.29, 0.717) is 13.0 Å². The van der Waals surface area contributed by atoms with Gasteiger partial charge in [-0.15, -0.1) is 0 Å². The van der Waals surface area contributed by atoms with Gasteiger partial charge in [-0.05, 0) is 44.2 Å². The molecule has 1 aromatic rings. The summed E-state index contributed by atoms with van der Waals surface area (Å²) in [5.74, 6) is -0.599. The van der Waals surface area contributed by atoms with Crippen molar-refractivity contribution >= 4 is 27.9 Å². The molecule has 4 atom stereocenters. The fourth-order valence-electron chi connectivity index (χ4n) is 4.39. The Morgan fingerprint density at radius 3 is 2.62 bits per heavy atom. The van der Waals surface area contributed by atoms with Crippen molar-refractivity contribution in [3.63, 3.8) is 0 Å². The van der Waals surface area contributed by atoms with Gasteiger partial charge in [0.25, 0.3) is 0 Å². The van der Waals surface area contributed by atoms with Gasteiger partial charge >= 0.3 is 6.03 Å². The Kier molecular flexibility index (Phi) is 5.07. The number of imide groups is 1. The van der Waals surface area contributed by atoms with E-state index in [4.69, 9.17) is 0 Å². The van der Waals surface area contributed by atoms with Gasteiger partial charge < -0.3 is 10.6 Å². The largest absolute Gasteiger partial charge is 0.350 e. The second kappa shape index (κ2) is 7.42. The van der Waals surface area contributed by atoms with Crippen molar-refractivity contribution in [1.82, 2.24) is 20.3 Å². The van der Waals surface area contributed by atoms with Gasteiger partial charge in [0.15, 0.2) is 0 Å². The molecule has 0 radical (unpaired) electrons. The lowest BCUT2D eigenvalue weighted by Gasteiger charge is -2.44. The van der Waals surface area contributed by atoms with Crippen LogP contribution in [0.25, 0.3) is 0 Å². The summed E-state index contributed by atoms with van der Waals surface area (Å²) in [6.07, 6.45) is 1.74. The Morgan fingerprint density at radius 2 is 1.90 bits per heavy atom. The number of sulfonamides is 1. The molecule has 4 rings (SSSR count). The normalized spacial score (nSPS) is 29.8. The fraction of sp³-hybridized carbons (Fsp3) is 0.526. The summed E-state index contributed by atoms with van der Waals surface area (Å²) < 4.78 is 27.7. The summed E-state index contributed by atoms with van der Waals surface area (Å²) in [4.78, 5) is 35.9. The number of amides is 4. The van der Waals surface area contributed by atoms with Crippen LogP contribution < -0.4 is 16.0 Å². The zero-order valence-electron chi connectivity index (χ0n) is 16.1. The lowest BCUT2D eigenvalue weighted by Crippen LogP contribution is -2.62. The van der Waals surface area contributed by atoms with Crippen LogP contribution in [0.3, 0.4) is 0 Å². The van der Waals surface area contributed by atoms with Crippen molar-refractivity contribution in [2.24, 2.45) is 5.92 Å². The van der Waals surface area contributed by atoms with Gasteiger partial charge in [0, 0.05) is 25.0 Å². The SMILES string of the molecule is Cc1ccc(S(=O)(=O)N2CC[C@H]3C[C@@H](NC(=O)[C@@H]4CCC(=O)NC(=O)N4)[C@H]32)cc1. The zero-order valence-corrected chi connectivity index (χ0v) is 16.9.